The molecule has 6 aromatic heterocycles. The molecule has 2 fully saturated rings. The molecule has 2 atom stereocenters. The van der Waals surface area contributed by atoms with E-state index in [4.69, 9.17) is 14.2 Å². The minimum Gasteiger partial charge on any atom is -0.450 e. The van der Waals surface area contributed by atoms with Gasteiger partial charge in [0.25, 0.3) is 0 Å². The molecule has 2 aliphatic rings. The molecule has 8 aromatic rings. The minimum absolute atomic E-state index is 0.101. The number of nitrogens with one attached hydrogen (secondary N) is 4. The van der Waals surface area contributed by atoms with Crippen molar-refractivity contribution in [1.82, 2.24) is 64.5 Å². The van der Waals surface area contributed by atoms with Gasteiger partial charge in [-0.3, -0.25) is 35.2 Å². The predicted molar refractivity (Wildman–Crippen MR) is 270 cm³/mol. The summed E-state index contributed by atoms with van der Waals surface area (Å²) in [4.78, 5) is 84.7. The van der Waals surface area contributed by atoms with Gasteiger partial charge in [-0.2, -0.15) is 0 Å². The molecule has 10 rings (SSSR count). The molecule has 2 aliphatic heterocycles. The van der Waals surface area contributed by atoms with E-state index in [1.54, 1.807) is 43.5 Å². The highest BCUT2D eigenvalue weighted by Gasteiger charge is 2.24. The van der Waals surface area contributed by atoms with Crippen molar-refractivity contribution in [3.05, 3.63) is 109 Å². The summed E-state index contributed by atoms with van der Waals surface area (Å²) < 4.78 is 15.8. The van der Waals surface area contributed by atoms with Crippen molar-refractivity contribution in [1.29, 1.82) is 0 Å². The zero-order valence-electron chi connectivity index (χ0n) is 40.6. The molecule has 0 bridgehead atoms. The van der Waals surface area contributed by atoms with Gasteiger partial charge in [-0.05, 0) is 87.4 Å². The van der Waals surface area contributed by atoms with E-state index in [0.29, 0.717) is 49.0 Å². The van der Waals surface area contributed by atoms with Crippen LogP contribution in [0.1, 0.15) is 39.3 Å². The fourth-order valence-corrected chi connectivity index (χ4v) is 8.58. The molecule has 2 aromatic carbocycles. The Morgan fingerprint density at radius 2 is 1.12 bits per heavy atom. The topological polar surface area (TPSA) is 247 Å². The predicted octanol–water partition coefficient (Wildman–Crippen LogP) is 7.18. The van der Waals surface area contributed by atoms with Crippen molar-refractivity contribution in [2.24, 2.45) is 0 Å². The molecule has 0 saturated carbocycles. The molecule has 3 amide bonds. The van der Waals surface area contributed by atoms with E-state index in [-0.39, 0.29) is 37.3 Å². The first-order chi connectivity index (χ1) is 35.0. The summed E-state index contributed by atoms with van der Waals surface area (Å²) in [5, 5.41) is 5.25. The van der Waals surface area contributed by atoms with Crippen LogP contribution in [0, 0.1) is 0 Å². The van der Waals surface area contributed by atoms with Gasteiger partial charge >= 0.3 is 12.2 Å². The number of H-pyrrole nitrogens is 2. The van der Waals surface area contributed by atoms with Crippen LogP contribution < -0.4 is 10.6 Å². The number of aromatic amines is 2. The van der Waals surface area contributed by atoms with E-state index < -0.39 is 12.2 Å². The zero-order chi connectivity index (χ0) is 50.1. The van der Waals surface area contributed by atoms with Crippen LogP contribution >= 0.6 is 0 Å². The first-order valence-corrected chi connectivity index (χ1v) is 23.7. The van der Waals surface area contributed by atoms with Gasteiger partial charge in [-0.25, -0.2) is 39.5 Å². The first kappa shape index (κ1) is 48.7. The Labute approximate surface area is 414 Å². The summed E-state index contributed by atoms with van der Waals surface area (Å²) in [5.74, 6) is 2.12. The maximum absolute atomic E-state index is 12.0. The fourth-order valence-electron chi connectivity index (χ4n) is 8.58. The number of benzene rings is 2. The average molecular weight is 974 g/mol. The Morgan fingerprint density at radius 1 is 0.653 bits per heavy atom. The van der Waals surface area contributed by atoms with Crippen LogP contribution in [-0.2, 0) is 32.1 Å². The molecule has 0 radical (unpaired) electrons. The second-order valence-electron chi connectivity index (χ2n) is 17.4. The van der Waals surface area contributed by atoms with Gasteiger partial charge in [0.15, 0.2) is 0 Å². The summed E-state index contributed by atoms with van der Waals surface area (Å²) in [6.45, 7) is 13.0. The smallest absolute Gasteiger partial charge is 0.413 e. The second kappa shape index (κ2) is 22.2. The number of rotatable bonds is 12. The van der Waals surface area contributed by atoms with Crippen molar-refractivity contribution < 1.29 is 28.6 Å². The lowest BCUT2D eigenvalue weighted by atomic mass is 10.0. The molecule has 21 heteroatoms. The van der Waals surface area contributed by atoms with Crippen LogP contribution in [0.2, 0.25) is 0 Å². The summed E-state index contributed by atoms with van der Waals surface area (Å²) in [6, 6.07) is 19.3. The molecule has 0 unspecified atom stereocenters. The van der Waals surface area contributed by atoms with Crippen LogP contribution in [0.25, 0.3) is 66.8 Å². The van der Waals surface area contributed by atoms with Crippen molar-refractivity contribution in [3.63, 3.8) is 0 Å². The number of carbonyl (C=O) groups is 3. The van der Waals surface area contributed by atoms with Crippen molar-refractivity contribution >= 4 is 52.1 Å². The van der Waals surface area contributed by atoms with Crippen molar-refractivity contribution in [2.75, 3.05) is 63.6 Å². The lowest BCUT2D eigenvalue weighted by molar-refractivity contribution is -0.134. The number of morpholine rings is 1. The van der Waals surface area contributed by atoms with Gasteiger partial charge in [0, 0.05) is 92.7 Å². The third kappa shape index (κ3) is 11.8. The molecule has 0 spiro atoms. The number of hydrogen-bond acceptors (Lipinski definition) is 16. The first-order valence-electron chi connectivity index (χ1n) is 23.7. The zero-order valence-corrected chi connectivity index (χ0v) is 40.6. The molecule has 21 nitrogen and oxygen atoms in total. The number of imidazole rings is 2. The van der Waals surface area contributed by atoms with Gasteiger partial charge in [0.2, 0.25) is 17.8 Å². The Kier molecular flexibility index (Phi) is 15.0. The summed E-state index contributed by atoms with van der Waals surface area (Å²) >= 11 is 0. The number of anilines is 2. The highest BCUT2D eigenvalue weighted by molar-refractivity contribution is 5.98. The Balaban J connectivity index is 0.000000178. The Morgan fingerprint density at radius 3 is 1.56 bits per heavy atom. The summed E-state index contributed by atoms with van der Waals surface area (Å²) in [5.41, 5.74) is 9.46. The Hall–Kier alpha value is -8.27. The number of fused-ring (bicyclic) bond motifs is 2. The third-order valence-corrected chi connectivity index (χ3v) is 11.9. The van der Waals surface area contributed by atoms with Crippen molar-refractivity contribution in [2.45, 2.75) is 53.0 Å². The molecular weight excluding hydrogens is 919 g/mol. The number of nitrogens with zero attached hydrogens (tertiary/aromatic N) is 11. The van der Waals surface area contributed by atoms with Crippen molar-refractivity contribution in [3.8, 4) is 44.8 Å². The summed E-state index contributed by atoms with van der Waals surface area (Å²) in [7, 11) is 1.82. The number of pyridine rings is 2. The van der Waals surface area contributed by atoms with E-state index in [2.05, 4.69) is 79.2 Å². The molecule has 370 valence electrons. The van der Waals surface area contributed by atoms with Gasteiger partial charge in [-0.1, -0.05) is 12.1 Å². The van der Waals surface area contributed by atoms with E-state index in [1.807, 2.05) is 85.0 Å². The number of hydrogen-bond donors (Lipinski definition) is 4. The lowest BCUT2D eigenvalue weighted by Gasteiger charge is -2.34. The normalized spacial score (nSPS) is 16.3. The largest absolute Gasteiger partial charge is 0.450 e. The number of amides is 3. The van der Waals surface area contributed by atoms with E-state index >= 15 is 0 Å². The van der Waals surface area contributed by atoms with E-state index in [1.165, 1.54) is 0 Å². The highest BCUT2D eigenvalue weighted by atomic mass is 16.6. The van der Waals surface area contributed by atoms with Gasteiger partial charge in [-0.15, -0.1) is 0 Å². The molecule has 2 saturated heterocycles. The number of likely N-dealkylation sites (N-methyl/N-ethyl adjacent to an activating group) is 1. The van der Waals surface area contributed by atoms with Crippen LogP contribution in [0.5, 0.6) is 0 Å². The molecule has 8 heterocycles. The maximum atomic E-state index is 12.0. The standard InChI is InChI=1S/C26H29N7O3.C25H26N8O3/c1-4-35-26(34)32-25-30-22-10-18(9-20(24(22)31-25)21-7-5-6-8-27-21)19-11-28-23(29-12-19)15-33-13-16(2)36-17(3)14-33;1-3-36-25(35)31-24-29-20-11-16(10-18(23(20)30-24)19-6-4-5-7-26-19)17-12-27-21(28-13-17)14-33-9-8-32(2)22(34)15-33/h5-12,16-17H,4,13-15H2,1-3H3,(H2,30,31,32,34);4-7,10-13H,3,8-9,14-15H2,1-2H3,(H2,29,30,31,35)/t16-,17+;. The second-order valence-corrected chi connectivity index (χ2v) is 17.4. The van der Waals surface area contributed by atoms with Gasteiger partial charge in [0.1, 0.15) is 11.6 Å². The Bertz CT molecular complexity index is 3140. The number of piperazine rings is 1. The van der Waals surface area contributed by atoms with Gasteiger partial charge < -0.3 is 29.1 Å². The van der Waals surface area contributed by atoms with Gasteiger partial charge in [0.05, 0.1) is 78.5 Å². The minimum atomic E-state index is -0.581. The third-order valence-electron chi connectivity index (χ3n) is 11.9. The van der Waals surface area contributed by atoms with E-state index in [0.717, 1.165) is 81.3 Å². The summed E-state index contributed by atoms with van der Waals surface area (Å²) in [6.07, 6.45) is 9.94. The number of carbonyl (C=O) groups excluding carboxylic acids is 3. The molecular formula is C51H55N15O6. The van der Waals surface area contributed by atoms with Crippen LogP contribution in [0.3, 0.4) is 0 Å². The fraction of sp³-hybridized carbons (Fsp3) is 0.314. The number of aromatic nitrogens is 10. The molecule has 72 heavy (non-hydrogen) atoms. The number of ether oxygens (including phenoxy) is 3. The van der Waals surface area contributed by atoms with Crippen LogP contribution in [0.15, 0.2) is 97.8 Å². The molecule has 4 N–H and O–H groups in total. The highest BCUT2D eigenvalue weighted by Crippen LogP contribution is 2.34. The van der Waals surface area contributed by atoms with E-state index in [9.17, 15) is 14.4 Å². The van der Waals surface area contributed by atoms with Crippen LogP contribution in [-0.4, -0.2) is 148 Å². The SMILES string of the molecule is CCOC(=O)Nc1nc2c(-c3ccccn3)cc(-c3cnc(CN4CCN(C)C(=O)C4)nc3)cc2[nH]1.CCOC(=O)Nc1nc2c(-c3ccccn3)cc(-c3cnc(CN4C[C@@H](C)O[C@@H](C)C4)nc3)cc2[nH]1. The lowest BCUT2D eigenvalue weighted by Crippen LogP contribution is -2.48. The monoisotopic (exact) mass is 973 g/mol. The van der Waals surface area contributed by atoms with Crippen LogP contribution in [0.4, 0.5) is 21.5 Å². The quantitative estimate of drug-likeness (QED) is 0.0946. The maximum Gasteiger partial charge on any atom is 0.413 e. The molecule has 0 aliphatic carbocycles. The average Bonchev–Trinajstić information content (AvgIpc) is 3.98.